The van der Waals surface area contributed by atoms with Crippen molar-refractivity contribution >= 4 is 17.3 Å². The summed E-state index contributed by atoms with van der Waals surface area (Å²) in [6, 6.07) is 0. The van der Waals surface area contributed by atoms with Crippen LogP contribution in [0.1, 0.15) is 12.8 Å². The van der Waals surface area contributed by atoms with Crippen molar-refractivity contribution in [2.75, 3.05) is 0 Å². The maximum Gasteiger partial charge on any atom is 0.208 e. The third kappa shape index (κ3) is 4.09. The van der Waals surface area contributed by atoms with Gasteiger partial charge in [0.2, 0.25) is 5.75 Å². The van der Waals surface area contributed by atoms with E-state index in [4.69, 9.17) is 4.79 Å². The van der Waals surface area contributed by atoms with E-state index in [1.54, 1.807) is 0 Å². The first-order chi connectivity index (χ1) is 6.86. The molecule has 2 rings (SSSR count). The molecule has 0 fully saturated rings. The molecule has 0 saturated carbocycles. The maximum absolute atomic E-state index is 8.57. The summed E-state index contributed by atoms with van der Waals surface area (Å²) < 4.78 is 3.05. The minimum atomic E-state index is 0.222. The molecule has 0 spiro atoms. The Morgan fingerprint density at radius 3 is 1.86 bits per heavy atom. The van der Waals surface area contributed by atoms with Crippen LogP contribution in [0.15, 0.2) is 45.5 Å². The van der Waals surface area contributed by atoms with Gasteiger partial charge < -0.3 is 0 Å². The minimum Gasteiger partial charge on any atom is -0.285 e. The van der Waals surface area contributed by atoms with Crippen molar-refractivity contribution in [1.29, 1.82) is 0 Å². The van der Waals surface area contributed by atoms with Crippen LogP contribution >= 0.6 is 11.6 Å². The molecule has 0 aromatic heterocycles. The van der Waals surface area contributed by atoms with Crippen LogP contribution in [0.2, 0.25) is 0 Å². The molecule has 0 radical (unpaired) electrons. The second kappa shape index (κ2) is 6.82. The van der Waals surface area contributed by atoms with Crippen LogP contribution in [0.4, 0.5) is 0 Å². The molecular weight excluding hydrogens is 243 g/mol. The van der Waals surface area contributed by atoms with E-state index >= 15 is 0 Å². The number of carbonyl (C=O) groups is 1. The van der Waals surface area contributed by atoms with Crippen LogP contribution in [0.5, 0.6) is 0 Å². The molecule has 0 N–H and O–H groups in total. The standard InChI is InChI=1S/2C5H5.CHClO.Co/c2*1-2-4-5-3-1;2-1-3;/h2*1-3H,4H2;1H;. The zero-order valence-corrected chi connectivity index (χ0v) is 9.37. The predicted molar refractivity (Wildman–Crippen MR) is 56.3 cm³/mol. The van der Waals surface area contributed by atoms with Crippen molar-refractivity contribution in [1.82, 2.24) is 0 Å². The number of hydrogen-bond donors (Lipinski definition) is 0. The van der Waals surface area contributed by atoms with Crippen LogP contribution in [0.25, 0.3) is 0 Å². The van der Waals surface area contributed by atoms with E-state index < -0.39 is 0 Å². The van der Waals surface area contributed by atoms with E-state index in [9.17, 15) is 0 Å². The average molecular weight is 254 g/mol. The van der Waals surface area contributed by atoms with Gasteiger partial charge in [0.1, 0.15) is 0 Å². The molecule has 0 aromatic rings. The van der Waals surface area contributed by atoms with Gasteiger partial charge in [-0.2, -0.15) is 0 Å². The van der Waals surface area contributed by atoms with Crippen molar-refractivity contribution in [3.63, 3.8) is 0 Å². The van der Waals surface area contributed by atoms with Gasteiger partial charge >= 0.3 is 73.0 Å². The Morgan fingerprint density at radius 1 is 1.14 bits per heavy atom. The van der Waals surface area contributed by atoms with E-state index in [2.05, 4.69) is 48.1 Å². The van der Waals surface area contributed by atoms with Gasteiger partial charge in [-0.25, -0.2) is 0 Å². The molecule has 0 atom stereocenters. The molecule has 0 aliphatic heterocycles. The summed E-state index contributed by atoms with van der Waals surface area (Å²) in [5, 5.41) is 0. The van der Waals surface area contributed by atoms with Gasteiger partial charge in [0.15, 0.2) is 0 Å². The first-order valence-corrected chi connectivity index (χ1v) is 5.70. The van der Waals surface area contributed by atoms with Crippen molar-refractivity contribution in [3.05, 3.63) is 45.5 Å². The van der Waals surface area contributed by atoms with Crippen molar-refractivity contribution < 1.29 is 19.5 Å². The summed E-state index contributed by atoms with van der Waals surface area (Å²) >= 11 is 5.77. The predicted octanol–water partition coefficient (Wildman–Crippen LogP) is 3.17. The van der Waals surface area contributed by atoms with Crippen molar-refractivity contribution in [2.24, 2.45) is 0 Å². The first-order valence-electron chi connectivity index (χ1n) is 4.22. The zero-order chi connectivity index (χ0) is 10.2. The average Bonchev–Trinajstić information content (AvgIpc) is 2.79. The molecule has 3 heteroatoms. The van der Waals surface area contributed by atoms with Gasteiger partial charge in [0, 0.05) is 0 Å². The van der Waals surface area contributed by atoms with Gasteiger partial charge in [-0.15, -0.1) is 0 Å². The van der Waals surface area contributed by atoms with Gasteiger partial charge in [-0.05, 0) is 11.6 Å². The number of hydrogen-bond acceptors (Lipinski definition) is 1. The summed E-state index contributed by atoms with van der Waals surface area (Å²) in [7, 11) is 0. The molecular formula is C11H11ClCoO. The topological polar surface area (TPSA) is 17.1 Å². The van der Waals surface area contributed by atoms with Gasteiger partial charge in [0.25, 0.3) is 0 Å². The van der Waals surface area contributed by atoms with Crippen LogP contribution in [0.3, 0.4) is 0 Å². The number of halogens is 1. The van der Waals surface area contributed by atoms with Crippen LogP contribution < -0.4 is 0 Å². The fourth-order valence-corrected chi connectivity index (χ4v) is 2.35. The smallest absolute Gasteiger partial charge is 0.208 e. The van der Waals surface area contributed by atoms with E-state index in [1.807, 2.05) is 0 Å². The molecule has 2 aliphatic carbocycles. The molecule has 0 unspecified atom stereocenters. The van der Waals surface area contributed by atoms with E-state index in [-0.39, 0.29) is 5.75 Å². The van der Waals surface area contributed by atoms with Crippen LogP contribution in [0, 0.1) is 0 Å². The Hall–Kier alpha value is -0.574. The molecule has 1 nitrogen and oxygen atoms in total. The monoisotopic (exact) mass is 253 g/mol. The molecule has 0 amide bonds. The first kappa shape index (κ1) is 11.5. The third-order valence-corrected chi connectivity index (χ3v) is 3.07. The summed E-state index contributed by atoms with van der Waals surface area (Å²) in [5.41, 5.74) is 0. The molecule has 0 saturated heterocycles. The van der Waals surface area contributed by atoms with Crippen LogP contribution in [-0.4, -0.2) is 5.75 Å². The quantitative estimate of drug-likeness (QED) is 0.546. The number of allylic oxidation sites excluding steroid dienone is 8. The van der Waals surface area contributed by atoms with Crippen molar-refractivity contribution in [2.45, 2.75) is 12.8 Å². The van der Waals surface area contributed by atoms with Gasteiger partial charge in [-0.3, -0.25) is 4.79 Å². The molecule has 0 aromatic carbocycles. The number of carbonyl (C=O) groups excluding carboxylic acids is 1. The largest absolute Gasteiger partial charge is 0.285 e. The summed E-state index contributed by atoms with van der Waals surface area (Å²) in [6.07, 6.45) is 15.5. The SMILES string of the molecule is C1=CC[C]([Co][C]2=CC=CC2)=C1.O=CCl. The second-order valence-electron chi connectivity index (χ2n) is 2.61. The maximum atomic E-state index is 8.57. The summed E-state index contributed by atoms with van der Waals surface area (Å²) in [6.45, 7) is 0. The molecule has 0 bridgehead atoms. The number of rotatable bonds is 2. The van der Waals surface area contributed by atoms with Gasteiger partial charge in [0.05, 0.1) is 0 Å². The molecule has 2 aliphatic rings. The van der Waals surface area contributed by atoms with Crippen molar-refractivity contribution in [3.8, 4) is 0 Å². The van der Waals surface area contributed by atoms with E-state index in [0.29, 0.717) is 0 Å². The molecule has 14 heavy (non-hydrogen) atoms. The fourth-order valence-electron chi connectivity index (χ4n) is 1.08. The summed E-state index contributed by atoms with van der Waals surface area (Å²) in [4.78, 5) is 8.57. The Balaban J connectivity index is 0.000000293. The van der Waals surface area contributed by atoms with E-state index in [0.717, 1.165) is 12.8 Å². The molecule has 77 valence electrons. The van der Waals surface area contributed by atoms with Crippen LogP contribution in [-0.2, 0) is 19.5 Å². The Bertz CT molecular complexity index is 285. The minimum absolute atomic E-state index is 0.222. The normalized spacial score (nSPS) is 17.5. The third-order valence-electron chi connectivity index (χ3n) is 1.63. The molecule has 0 heterocycles. The zero-order valence-electron chi connectivity index (χ0n) is 7.58. The Kier molecular flexibility index (Phi) is 5.60. The Labute approximate surface area is 95.2 Å². The van der Waals surface area contributed by atoms with Gasteiger partial charge in [-0.1, -0.05) is 0 Å². The Morgan fingerprint density at radius 2 is 1.57 bits per heavy atom. The van der Waals surface area contributed by atoms with E-state index in [1.165, 1.54) is 23.7 Å². The summed E-state index contributed by atoms with van der Waals surface area (Å²) in [5.74, 6) is 0.222. The second-order valence-corrected chi connectivity index (χ2v) is 4.38. The fraction of sp³-hybridized carbons (Fsp3) is 0.182.